The van der Waals surface area contributed by atoms with Crippen LogP contribution in [-0.2, 0) is 5.88 Å². The van der Waals surface area contributed by atoms with Crippen molar-refractivity contribution in [3.8, 4) is 0 Å². The Bertz CT molecular complexity index is 435. The first-order chi connectivity index (χ1) is 5.95. The van der Waals surface area contributed by atoms with Crippen molar-refractivity contribution in [3.05, 3.63) is 24.3 Å². The Morgan fingerprint density at radius 3 is 3.33 bits per heavy atom. The summed E-state index contributed by atoms with van der Waals surface area (Å²) in [5.74, 6) is 1.93. The molecule has 0 saturated heterocycles. The van der Waals surface area contributed by atoms with Gasteiger partial charge in [-0.05, 0) is 24.1 Å². The molecule has 2 heterocycles. The number of hydrogen-bond acceptors (Lipinski definition) is 3. The van der Waals surface area contributed by atoms with Gasteiger partial charge in [0.1, 0.15) is 0 Å². The Kier molecular flexibility index (Phi) is 1.15. The minimum absolute atomic E-state index is 0.954. The van der Waals surface area contributed by atoms with Crippen LogP contribution in [0.1, 0.15) is 0 Å². The first-order valence-electron chi connectivity index (χ1n) is 3.78. The van der Waals surface area contributed by atoms with Gasteiger partial charge in [-0.3, -0.25) is 9.29 Å². The van der Waals surface area contributed by atoms with E-state index < -0.39 is 0 Å². The predicted octanol–water partition coefficient (Wildman–Crippen LogP) is 2.07. The van der Waals surface area contributed by atoms with Crippen molar-refractivity contribution >= 4 is 28.9 Å². The number of rotatable bonds is 0. The average molecular weight is 177 g/mol. The summed E-state index contributed by atoms with van der Waals surface area (Å²) in [6, 6.07) is 8.19. The maximum absolute atomic E-state index is 4.42. The van der Waals surface area contributed by atoms with Crippen molar-refractivity contribution in [2.75, 3.05) is 4.72 Å². The van der Waals surface area contributed by atoms with E-state index in [0.717, 1.165) is 17.3 Å². The number of hydrogen-bond donors (Lipinski definition) is 1. The number of benzene rings is 1. The molecule has 60 valence electrons. The van der Waals surface area contributed by atoms with Gasteiger partial charge < -0.3 is 0 Å². The maximum Gasteiger partial charge on any atom is 0.214 e. The molecule has 12 heavy (non-hydrogen) atoms. The Morgan fingerprint density at radius 1 is 1.42 bits per heavy atom. The highest BCUT2D eigenvalue weighted by atomic mass is 32.2. The monoisotopic (exact) mass is 177 g/mol. The van der Waals surface area contributed by atoms with E-state index in [4.69, 9.17) is 0 Å². The Balaban J connectivity index is 2.44. The molecule has 3 nitrogen and oxygen atoms in total. The van der Waals surface area contributed by atoms with Crippen molar-refractivity contribution in [1.29, 1.82) is 0 Å². The number of fused-ring (bicyclic) bond motifs is 3. The normalized spacial score (nSPS) is 14.7. The molecule has 0 aliphatic carbocycles. The van der Waals surface area contributed by atoms with E-state index in [1.807, 2.05) is 18.2 Å². The quantitative estimate of drug-likeness (QED) is 0.625. The fraction of sp³-hybridized carbons (Fsp3) is 0.125. The third-order valence-corrected chi connectivity index (χ3v) is 2.73. The molecule has 1 aliphatic rings. The van der Waals surface area contributed by atoms with Crippen LogP contribution in [0, 0.1) is 0 Å². The van der Waals surface area contributed by atoms with Crippen LogP contribution in [0.5, 0.6) is 0 Å². The molecule has 0 bridgehead atoms. The number of nitrogens with zero attached hydrogens (tertiary/aromatic N) is 2. The lowest BCUT2D eigenvalue weighted by atomic mass is 10.3. The van der Waals surface area contributed by atoms with E-state index in [9.17, 15) is 0 Å². The van der Waals surface area contributed by atoms with Crippen LogP contribution in [0.3, 0.4) is 0 Å². The van der Waals surface area contributed by atoms with E-state index in [-0.39, 0.29) is 0 Å². The van der Waals surface area contributed by atoms with Gasteiger partial charge in [0, 0.05) is 0 Å². The molecule has 0 amide bonds. The average Bonchev–Trinajstić information content (AvgIpc) is 2.62. The van der Waals surface area contributed by atoms with Crippen molar-refractivity contribution in [2.24, 2.45) is 0 Å². The molecule has 2 aromatic rings. The molecular weight excluding hydrogens is 170 g/mol. The summed E-state index contributed by atoms with van der Waals surface area (Å²) in [7, 11) is 0. The van der Waals surface area contributed by atoms with E-state index in [1.54, 1.807) is 11.9 Å². The summed E-state index contributed by atoms with van der Waals surface area (Å²) in [6.45, 7) is 0. The molecular formula is C8H7N3S. The molecule has 0 atom stereocenters. The molecule has 0 radical (unpaired) electrons. The number of anilines is 1. The summed E-state index contributed by atoms with van der Waals surface area (Å²) in [4.78, 5) is 4.42. The van der Waals surface area contributed by atoms with E-state index in [0.29, 0.717) is 0 Å². The van der Waals surface area contributed by atoms with Crippen LogP contribution in [0.15, 0.2) is 24.3 Å². The van der Waals surface area contributed by atoms with Gasteiger partial charge in [0.25, 0.3) is 0 Å². The van der Waals surface area contributed by atoms with Gasteiger partial charge in [0.05, 0.1) is 16.9 Å². The lowest BCUT2D eigenvalue weighted by Crippen LogP contribution is -1.86. The van der Waals surface area contributed by atoms with Crippen LogP contribution >= 0.6 is 11.9 Å². The van der Waals surface area contributed by atoms with Gasteiger partial charge in [-0.1, -0.05) is 12.1 Å². The van der Waals surface area contributed by atoms with E-state index in [2.05, 4.69) is 20.3 Å². The van der Waals surface area contributed by atoms with Crippen molar-refractivity contribution < 1.29 is 0 Å². The number of nitrogens with one attached hydrogen (secondary N) is 1. The number of para-hydroxylation sites is 2. The SMILES string of the molecule is c1ccc2c(c1)nc1n2CSN1. The minimum Gasteiger partial charge on any atom is -0.298 e. The highest BCUT2D eigenvalue weighted by Crippen LogP contribution is 2.28. The maximum atomic E-state index is 4.42. The lowest BCUT2D eigenvalue weighted by Gasteiger charge is -1.93. The molecule has 1 aromatic heterocycles. The topological polar surface area (TPSA) is 29.9 Å². The first-order valence-corrected chi connectivity index (χ1v) is 4.77. The fourth-order valence-corrected chi connectivity index (χ4v) is 2.19. The standard InChI is InChI=1S/C8H7N3S/c1-2-4-7-6(3-1)9-8-10-12-5-11(7)8/h1-4H,5H2,(H,9,10). The molecule has 0 saturated carbocycles. The molecule has 1 aromatic carbocycles. The number of imidazole rings is 1. The smallest absolute Gasteiger partial charge is 0.214 e. The molecule has 0 fully saturated rings. The summed E-state index contributed by atoms with van der Waals surface area (Å²) < 4.78 is 5.34. The third-order valence-electron chi connectivity index (χ3n) is 2.01. The second-order valence-corrected chi connectivity index (χ2v) is 3.48. The molecule has 1 N–H and O–H groups in total. The Hall–Kier alpha value is -1.16. The largest absolute Gasteiger partial charge is 0.298 e. The summed E-state index contributed by atoms with van der Waals surface area (Å²) in [5, 5.41) is 0. The van der Waals surface area contributed by atoms with E-state index in [1.165, 1.54) is 5.52 Å². The minimum atomic E-state index is 0.954. The molecule has 0 spiro atoms. The lowest BCUT2D eigenvalue weighted by molar-refractivity contribution is 0.966. The van der Waals surface area contributed by atoms with Crippen molar-refractivity contribution in [3.63, 3.8) is 0 Å². The van der Waals surface area contributed by atoms with Crippen LogP contribution in [0.2, 0.25) is 0 Å². The molecule has 0 unspecified atom stereocenters. The van der Waals surface area contributed by atoms with Gasteiger partial charge in [-0.2, -0.15) is 0 Å². The van der Waals surface area contributed by atoms with Crippen LogP contribution in [-0.4, -0.2) is 9.55 Å². The zero-order valence-electron chi connectivity index (χ0n) is 6.32. The highest BCUT2D eigenvalue weighted by Gasteiger charge is 2.14. The van der Waals surface area contributed by atoms with Gasteiger partial charge in [0.2, 0.25) is 5.95 Å². The van der Waals surface area contributed by atoms with Gasteiger partial charge in [-0.15, -0.1) is 0 Å². The molecule has 1 aliphatic heterocycles. The van der Waals surface area contributed by atoms with E-state index >= 15 is 0 Å². The van der Waals surface area contributed by atoms with Crippen LogP contribution in [0.25, 0.3) is 11.0 Å². The first kappa shape index (κ1) is 6.37. The summed E-state index contributed by atoms with van der Waals surface area (Å²) in [6.07, 6.45) is 0. The predicted molar refractivity (Wildman–Crippen MR) is 50.9 cm³/mol. The molecule has 3 rings (SSSR count). The summed E-state index contributed by atoms with van der Waals surface area (Å²) >= 11 is 1.67. The van der Waals surface area contributed by atoms with Crippen molar-refractivity contribution in [2.45, 2.75) is 5.88 Å². The Labute approximate surface area is 73.9 Å². The van der Waals surface area contributed by atoms with Gasteiger partial charge in [0.15, 0.2) is 0 Å². The summed E-state index contributed by atoms with van der Waals surface area (Å²) in [5.41, 5.74) is 2.28. The fourth-order valence-electron chi connectivity index (χ4n) is 1.45. The number of aromatic nitrogens is 2. The second kappa shape index (κ2) is 2.17. The van der Waals surface area contributed by atoms with Gasteiger partial charge in [-0.25, -0.2) is 4.98 Å². The van der Waals surface area contributed by atoms with Crippen LogP contribution < -0.4 is 4.72 Å². The third kappa shape index (κ3) is 0.701. The molecule has 4 heteroatoms. The highest BCUT2D eigenvalue weighted by molar-refractivity contribution is 7.99. The second-order valence-electron chi connectivity index (χ2n) is 2.73. The Morgan fingerprint density at radius 2 is 2.33 bits per heavy atom. The van der Waals surface area contributed by atoms with Crippen molar-refractivity contribution in [1.82, 2.24) is 9.55 Å². The zero-order chi connectivity index (χ0) is 7.97. The van der Waals surface area contributed by atoms with Gasteiger partial charge >= 0.3 is 0 Å². The zero-order valence-corrected chi connectivity index (χ0v) is 7.14. The van der Waals surface area contributed by atoms with Crippen LogP contribution in [0.4, 0.5) is 5.95 Å².